The van der Waals surface area contributed by atoms with Gasteiger partial charge in [0.2, 0.25) is 0 Å². The predicted octanol–water partition coefficient (Wildman–Crippen LogP) is 6.41. The first-order valence-corrected chi connectivity index (χ1v) is 10.3. The van der Waals surface area contributed by atoms with Crippen LogP contribution in [0.5, 0.6) is 0 Å². The average Bonchev–Trinajstić information content (AvgIpc) is 2.75. The number of Topliss-reactive ketones (excluding diaryl/α,β-unsaturated/α-hetero) is 1. The standard InChI is InChI=1S/C25H22ClFN2O.ClH/c1-17-12-14-29(24-7-2-3-13-28-24)16-20(17)19-10-8-18(9-11-19)15-23(30)25-21(26)5-4-6-22(25)27;/h2-11,13H,12,14-16H2,1H3;1H. The van der Waals surface area contributed by atoms with Crippen molar-refractivity contribution in [1.29, 1.82) is 0 Å². The number of hydrogen-bond acceptors (Lipinski definition) is 3. The van der Waals surface area contributed by atoms with Crippen LogP contribution in [-0.4, -0.2) is 23.9 Å². The highest BCUT2D eigenvalue weighted by atomic mass is 35.5. The molecule has 0 atom stereocenters. The number of ketones is 1. The zero-order valence-corrected chi connectivity index (χ0v) is 18.7. The van der Waals surface area contributed by atoms with Gasteiger partial charge in [0.1, 0.15) is 11.6 Å². The summed E-state index contributed by atoms with van der Waals surface area (Å²) >= 11 is 6.02. The minimum Gasteiger partial charge on any atom is -0.352 e. The molecule has 0 radical (unpaired) electrons. The largest absolute Gasteiger partial charge is 0.352 e. The summed E-state index contributed by atoms with van der Waals surface area (Å²) in [5.74, 6) is 0.0773. The maximum absolute atomic E-state index is 14.0. The fourth-order valence-electron chi connectivity index (χ4n) is 3.79. The second-order valence-electron chi connectivity index (χ2n) is 7.51. The van der Waals surface area contributed by atoms with Gasteiger partial charge in [-0.05, 0) is 54.3 Å². The summed E-state index contributed by atoms with van der Waals surface area (Å²) in [7, 11) is 0. The Balaban J connectivity index is 0.00000272. The van der Waals surface area contributed by atoms with E-state index in [0.717, 1.165) is 36.5 Å². The molecule has 0 fully saturated rings. The highest BCUT2D eigenvalue weighted by molar-refractivity contribution is 6.34. The molecule has 0 saturated carbocycles. The van der Waals surface area contributed by atoms with E-state index in [1.54, 1.807) is 0 Å². The second-order valence-corrected chi connectivity index (χ2v) is 7.92. The number of carbonyl (C=O) groups excluding carboxylic acids is 1. The quantitative estimate of drug-likeness (QED) is 0.416. The zero-order chi connectivity index (χ0) is 21.1. The van der Waals surface area contributed by atoms with Crippen molar-refractivity contribution in [3.63, 3.8) is 0 Å². The van der Waals surface area contributed by atoms with Gasteiger partial charge in [-0.2, -0.15) is 0 Å². The third-order valence-corrected chi connectivity index (χ3v) is 5.82. The van der Waals surface area contributed by atoms with E-state index >= 15 is 0 Å². The van der Waals surface area contributed by atoms with Crippen LogP contribution in [0.3, 0.4) is 0 Å². The van der Waals surface area contributed by atoms with Crippen LogP contribution in [0.1, 0.15) is 34.8 Å². The number of anilines is 1. The van der Waals surface area contributed by atoms with E-state index < -0.39 is 5.82 Å². The lowest BCUT2D eigenvalue weighted by Crippen LogP contribution is -2.31. The summed E-state index contributed by atoms with van der Waals surface area (Å²) in [4.78, 5) is 19.3. The Bertz CT molecular complexity index is 1080. The van der Waals surface area contributed by atoms with Crippen LogP contribution in [0, 0.1) is 5.82 Å². The Kier molecular flexibility index (Phi) is 7.47. The Morgan fingerprint density at radius 1 is 1.10 bits per heavy atom. The lowest BCUT2D eigenvalue weighted by atomic mass is 9.93. The molecule has 3 nitrogen and oxygen atoms in total. The van der Waals surface area contributed by atoms with Crippen molar-refractivity contribution in [1.82, 2.24) is 4.98 Å². The van der Waals surface area contributed by atoms with E-state index in [9.17, 15) is 9.18 Å². The van der Waals surface area contributed by atoms with Gasteiger partial charge in [0.15, 0.2) is 5.78 Å². The van der Waals surface area contributed by atoms with Gasteiger partial charge in [-0.3, -0.25) is 4.79 Å². The first kappa shape index (κ1) is 23.0. The first-order valence-electron chi connectivity index (χ1n) is 9.94. The van der Waals surface area contributed by atoms with E-state index in [1.807, 2.05) is 48.7 Å². The SMILES string of the molecule is CC1=C(c2ccc(CC(=O)c3c(F)cccc3Cl)cc2)CN(c2ccccn2)CC1.Cl. The van der Waals surface area contributed by atoms with Crippen molar-refractivity contribution < 1.29 is 9.18 Å². The van der Waals surface area contributed by atoms with Gasteiger partial charge in [-0.1, -0.05) is 53.6 Å². The normalized spacial score (nSPS) is 13.7. The molecule has 0 aliphatic carbocycles. The van der Waals surface area contributed by atoms with Crippen molar-refractivity contribution >= 4 is 41.2 Å². The van der Waals surface area contributed by atoms with Crippen molar-refractivity contribution in [2.45, 2.75) is 19.8 Å². The number of carbonyl (C=O) groups is 1. The summed E-state index contributed by atoms with van der Waals surface area (Å²) in [6.07, 6.45) is 2.91. The van der Waals surface area contributed by atoms with Gasteiger partial charge in [0.25, 0.3) is 0 Å². The third kappa shape index (κ3) is 5.15. The first-order chi connectivity index (χ1) is 14.5. The molecule has 2 heterocycles. The molecule has 0 unspecified atom stereocenters. The van der Waals surface area contributed by atoms with Crippen LogP contribution in [0.2, 0.25) is 5.02 Å². The summed E-state index contributed by atoms with van der Waals surface area (Å²) in [5.41, 5.74) is 4.57. The predicted molar refractivity (Wildman–Crippen MR) is 127 cm³/mol. The fourth-order valence-corrected chi connectivity index (χ4v) is 4.06. The highest BCUT2D eigenvalue weighted by Gasteiger charge is 2.20. The maximum Gasteiger partial charge on any atom is 0.171 e. The number of benzene rings is 2. The molecule has 1 aliphatic rings. The van der Waals surface area contributed by atoms with Crippen LogP contribution < -0.4 is 4.90 Å². The maximum atomic E-state index is 14.0. The molecule has 4 rings (SSSR count). The molecule has 0 bridgehead atoms. The Morgan fingerprint density at radius 2 is 1.87 bits per heavy atom. The minimum absolute atomic E-state index is 0. The molecule has 0 spiro atoms. The molecule has 160 valence electrons. The van der Waals surface area contributed by atoms with Crippen molar-refractivity contribution in [3.05, 3.63) is 100.0 Å². The van der Waals surface area contributed by atoms with Crippen LogP contribution in [0.4, 0.5) is 10.2 Å². The molecule has 0 amide bonds. The van der Waals surface area contributed by atoms with Crippen molar-refractivity contribution in [2.24, 2.45) is 0 Å². The molecule has 31 heavy (non-hydrogen) atoms. The number of aromatic nitrogens is 1. The number of pyridine rings is 1. The van der Waals surface area contributed by atoms with Gasteiger partial charge in [0, 0.05) is 25.7 Å². The minimum atomic E-state index is -0.582. The Labute approximate surface area is 193 Å². The molecule has 3 aromatic rings. The van der Waals surface area contributed by atoms with Crippen molar-refractivity contribution in [3.8, 4) is 0 Å². The number of halogens is 3. The number of hydrogen-bond donors (Lipinski definition) is 0. The smallest absolute Gasteiger partial charge is 0.171 e. The molecule has 2 aromatic carbocycles. The van der Waals surface area contributed by atoms with E-state index in [-0.39, 0.29) is 35.2 Å². The number of nitrogens with zero attached hydrogens (tertiary/aromatic N) is 2. The topological polar surface area (TPSA) is 33.2 Å². The van der Waals surface area contributed by atoms with E-state index in [0.29, 0.717) is 0 Å². The molecule has 0 N–H and O–H groups in total. The molecular weight excluding hydrogens is 434 g/mol. The number of rotatable bonds is 5. The third-order valence-electron chi connectivity index (χ3n) is 5.50. The summed E-state index contributed by atoms with van der Waals surface area (Å²) in [6.45, 7) is 3.91. The molecular formula is C25H23Cl2FN2O. The Morgan fingerprint density at radius 3 is 2.55 bits per heavy atom. The monoisotopic (exact) mass is 456 g/mol. The van der Waals surface area contributed by atoms with Gasteiger partial charge >= 0.3 is 0 Å². The van der Waals surface area contributed by atoms with Gasteiger partial charge in [0.05, 0.1) is 10.6 Å². The summed E-state index contributed by atoms with van der Waals surface area (Å²) < 4.78 is 14.0. The van der Waals surface area contributed by atoms with Crippen LogP contribution in [-0.2, 0) is 6.42 Å². The van der Waals surface area contributed by atoms with Crippen LogP contribution >= 0.6 is 24.0 Å². The Hall–Kier alpha value is -2.69. The van der Waals surface area contributed by atoms with Gasteiger partial charge in [-0.25, -0.2) is 9.37 Å². The van der Waals surface area contributed by atoms with E-state index in [2.05, 4.69) is 16.8 Å². The zero-order valence-electron chi connectivity index (χ0n) is 17.1. The highest BCUT2D eigenvalue weighted by Crippen LogP contribution is 2.29. The van der Waals surface area contributed by atoms with E-state index in [4.69, 9.17) is 11.6 Å². The average molecular weight is 457 g/mol. The lowest BCUT2D eigenvalue weighted by Gasteiger charge is -2.31. The second kappa shape index (κ2) is 10.1. The lowest BCUT2D eigenvalue weighted by molar-refractivity contribution is 0.0989. The summed E-state index contributed by atoms with van der Waals surface area (Å²) in [5, 5.41) is 0.147. The van der Waals surface area contributed by atoms with Gasteiger partial charge < -0.3 is 4.90 Å². The molecule has 1 aromatic heterocycles. The van der Waals surface area contributed by atoms with Crippen LogP contribution in [0.25, 0.3) is 5.57 Å². The van der Waals surface area contributed by atoms with Crippen molar-refractivity contribution in [2.75, 3.05) is 18.0 Å². The molecule has 6 heteroatoms. The summed E-state index contributed by atoms with van der Waals surface area (Å²) in [6, 6.07) is 18.2. The van der Waals surface area contributed by atoms with E-state index in [1.165, 1.54) is 29.3 Å². The van der Waals surface area contributed by atoms with Gasteiger partial charge in [-0.15, -0.1) is 12.4 Å². The molecule has 1 aliphatic heterocycles. The molecule has 0 saturated heterocycles. The van der Waals surface area contributed by atoms with Crippen LogP contribution in [0.15, 0.2) is 72.4 Å². The fraction of sp³-hybridized carbons (Fsp3) is 0.200.